The zero-order valence-electron chi connectivity index (χ0n) is 11.4. The van der Waals surface area contributed by atoms with E-state index in [0.717, 1.165) is 18.0 Å². The second-order valence-corrected chi connectivity index (χ2v) is 8.98. The van der Waals surface area contributed by atoms with Gasteiger partial charge in [-0.3, -0.25) is 0 Å². The Morgan fingerprint density at radius 3 is 2.82 bits per heavy atom. The van der Waals surface area contributed by atoms with Crippen LogP contribution >= 0.6 is 35.0 Å². The largest absolute Gasteiger partial charge is 0.306 e. The van der Waals surface area contributed by atoms with Gasteiger partial charge in [-0.1, -0.05) is 35.0 Å². The summed E-state index contributed by atoms with van der Waals surface area (Å²) < 4.78 is 26.7. The molecule has 2 aromatic rings. The summed E-state index contributed by atoms with van der Waals surface area (Å²) in [4.78, 5) is 0.0749. The molecule has 0 saturated heterocycles. The normalized spacial score (nSPS) is 15.2. The van der Waals surface area contributed by atoms with Crippen LogP contribution in [0.25, 0.3) is 0 Å². The molecule has 0 unspecified atom stereocenters. The lowest BCUT2D eigenvalue weighted by molar-refractivity contribution is 0.597. The second kappa shape index (κ2) is 6.39. The quantitative estimate of drug-likeness (QED) is 0.720. The molecule has 5 nitrogen and oxygen atoms in total. The predicted octanol–water partition coefficient (Wildman–Crippen LogP) is 3.49. The molecule has 1 saturated carbocycles. The number of sulfone groups is 1. The Morgan fingerprint density at radius 2 is 2.09 bits per heavy atom. The van der Waals surface area contributed by atoms with Crippen molar-refractivity contribution in [2.75, 3.05) is 11.5 Å². The molecular formula is C13H13Cl2N3O2S2. The van der Waals surface area contributed by atoms with E-state index < -0.39 is 9.84 Å². The smallest absolute Gasteiger partial charge is 0.191 e. The van der Waals surface area contributed by atoms with Crippen molar-refractivity contribution < 1.29 is 8.42 Å². The molecule has 0 spiro atoms. The van der Waals surface area contributed by atoms with E-state index in [1.807, 2.05) is 4.57 Å². The number of benzene rings is 1. The number of thioether (sulfide) groups is 1. The highest BCUT2D eigenvalue weighted by molar-refractivity contribution is 8.00. The molecule has 1 heterocycles. The van der Waals surface area contributed by atoms with Crippen molar-refractivity contribution in [1.82, 2.24) is 14.8 Å². The Labute approximate surface area is 142 Å². The van der Waals surface area contributed by atoms with Gasteiger partial charge in [0.15, 0.2) is 15.0 Å². The molecule has 1 aromatic carbocycles. The maximum atomic E-state index is 12.4. The molecule has 1 aromatic heterocycles. The number of hydrogen-bond donors (Lipinski definition) is 0. The summed E-state index contributed by atoms with van der Waals surface area (Å²) in [5.74, 6) is 0.353. The van der Waals surface area contributed by atoms with Crippen LogP contribution in [0, 0.1) is 0 Å². The van der Waals surface area contributed by atoms with E-state index in [0.29, 0.717) is 16.8 Å². The van der Waals surface area contributed by atoms with E-state index in [1.165, 1.54) is 23.9 Å². The van der Waals surface area contributed by atoms with Gasteiger partial charge in [0.25, 0.3) is 0 Å². The summed E-state index contributed by atoms with van der Waals surface area (Å²) in [6.45, 7) is 0. The third-order valence-electron chi connectivity index (χ3n) is 3.29. The molecule has 0 atom stereocenters. The Balaban J connectivity index is 1.67. The fourth-order valence-corrected chi connectivity index (χ4v) is 5.45. The summed E-state index contributed by atoms with van der Waals surface area (Å²) in [5, 5.41) is 9.22. The number of halogens is 2. The molecule has 0 amide bonds. The van der Waals surface area contributed by atoms with Crippen LogP contribution < -0.4 is 0 Å². The first-order valence-electron chi connectivity index (χ1n) is 6.67. The lowest BCUT2D eigenvalue weighted by atomic mass is 10.4. The topological polar surface area (TPSA) is 64.8 Å². The fourth-order valence-electron chi connectivity index (χ4n) is 2.01. The van der Waals surface area contributed by atoms with E-state index in [-0.39, 0.29) is 15.7 Å². The van der Waals surface area contributed by atoms with Crippen molar-refractivity contribution in [2.24, 2.45) is 0 Å². The Hall–Kier alpha value is -0.760. The summed E-state index contributed by atoms with van der Waals surface area (Å²) >= 11 is 13.2. The fraction of sp³-hybridized carbons (Fsp3) is 0.385. The van der Waals surface area contributed by atoms with Gasteiger partial charge in [-0.15, -0.1) is 10.2 Å². The van der Waals surface area contributed by atoms with Crippen LogP contribution in [-0.4, -0.2) is 34.7 Å². The van der Waals surface area contributed by atoms with Crippen LogP contribution in [0.4, 0.5) is 0 Å². The highest BCUT2D eigenvalue weighted by atomic mass is 35.5. The first-order chi connectivity index (χ1) is 10.5. The lowest BCUT2D eigenvalue weighted by Gasteiger charge is -2.07. The van der Waals surface area contributed by atoms with Crippen LogP contribution in [0.3, 0.4) is 0 Å². The van der Waals surface area contributed by atoms with Gasteiger partial charge in [0.2, 0.25) is 0 Å². The first-order valence-corrected chi connectivity index (χ1v) is 10.1. The van der Waals surface area contributed by atoms with Crippen LogP contribution in [-0.2, 0) is 9.84 Å². The monoisotopic (exact) mass is 377 g/mol. The Kier molecular flexibility index (Phi) is 4.68. The predicted molar refractivity (Wildman–Crippen MR) is 87.5 cm³/mol. The van der Waals surface area contributed by atoms with E-state index in [9.17, 15) is 8.42 Å². The van der Waals surface area contributed by atoms with E-state index in [2.05, 4.69) is 10.2 Å². The highest BCUT2D eigenvalue weighted by Crippen LogP contribution is 2.37. The van der Waals surface area contributed by atoms with Crippen LogP contribution in [0.2, 0.25) is 10.0 Å². The minimum absolute atomic E-state index is 0.0325. The summed E-state index contributed by atoms with van der Waals surface area (Å²) in [6, 6.07) is 4.91. The maximum absolute atomic E-state index is 12.4. The molecule has 0 radical (unpaired) electrons. The molecule has 118 valence electrons. The molecule has 1 aliphatic rings. The van der Waals surface area contributed by atoms with Crippen LogP contribution in [0.5, 0.6) is 0 Å². The number of hydrogen-bond acceptors (Lipinski definition) is 5. The molecule has 0 bridgehead atoms. The van der Waals surface area contributed by atoms with E-state index >= 15 is 0 Å². The maximum Gasteiger partial charge on any atom is 0.191 e. The Bertz CT molecular complexity index is 788. The molecule has 9 heteroatoms. The Morgan fingerprint density at radius 1 is 1.32 bits per heavy atom. The van der Waals surface area contributed by atoms with Gasteiger partial charge in [0.05, 0.1) is 15.7 Å². The average molecular weight is 378 g/mol. The summed E-state index contributed by atoms with van der Waals surface area (Å²) in [6.07, 6.45) is 3.95. The van der Waals surface area contributed by atoms with E-state index in [1.54, 1.807) is 12.4 Å². The van der Waals surface area contributed by atoms with Gasteiger partial charge in [0.1, 0.15) is 6.33 Å². The van der Waals surface area contributed by atoms with Gasteiger partial charge >= 0.3 is 0 Å². The molecular weight excluding hydrogens is 365 g/mol. The molecule has 3 rings (SSSR count). The third kappa shape index (κ3) is 3.59. The van der Waals surface area contributed by atoms with Gasteiger partial charge in [-0.2, -0.15) is 0 Å². The minimum atomic E-state index is -3.48. The number of nitrogens with zero attached hydrogens (tertiary/aromatic N) is 3. The minimum Gasteiger partial charge on any atom is -0.306 e. The lowest BCUT2D eigenvalue weighted by Crippen LogP contribution is -2.10. The number of aromatic nitrogens is 3. The summed E-state index contributed by atoms with van der Waals surface area (Å²) in [7, 11) is -3.48. The molecule has 0 aliphatic heterocycles. The average Bonchev–Trinajstić information content (AvgIpc) is 3.21. The SMILES string of the molecule is O=S(=O)(CCSc1nncn1C1CC1)c1cc(Cl)ccc1Cl. The zero-order valence-corrected chi connectivity index (χ0v) is 14.6. The van der Waals surface area contributed by atoms with Crippen molar-refractivity contribution in [2.45, 2.75) is 28.9 Å². The van der Waals surface area contributed by atoms with Gasteiger partial charge in [-0.25, -0.2) is 8.42 Å². The van der Waals surface area contributed by atoms with Crippen molar-refractivity contribution in [3.8, 4) is 0 Å². The zero-order chi connectivity index (χ0) is 15.7. The standard InChI is InChI=1S/C13H13Cl2N3O2S2/c14-9-1-4-11(15)12(7-9)22(19,20)6-5-21-13-17-16-8-18(13)10-2-3-10/h1,4,7-8,10H,2-3,5-6H2. The van der Waals surface area contributed by atoms with Gasteiger partial charge < -0.3 is 4.57 Å². The third-order valence-corrected chi connectivity index (χ3v) is 6.94. The molecule has 1 aliphatic carbocycles. The van der Waals surface area contributed by atoms with Gasteiger partial charge in [0, 0.05) is 16.8 Å². The van der Waals surface area contributed by atoms with Crippen LogP contribution in [0.15, 0.2) is 34.6 Å². The first kappa shape index (κ1) is 16.1. The number of rotatable bonds is 6. The second-order valence-electron chi connectivity index (χ2n) is 4.99. The van der Waals surface area contributed by atoms with Crippen molar-refractivity contribution in [1.29, 1.82) is 0 Å². The highest BCUT2D eigenvalue weighted by Gasteiger charge is 2.26. The molecule has 1 fully saturated rings. The molecule has 0 N–H and O–H groups in total. The van der Waals surface area contributed by atoms with E-state index in [4.69, 9.17) is 23.2 Å². The van der Waals surface area contributed by atoms with Gasteiger partial charge in [-0.05, 0) is 31.0 Å². The summed E-state index contributed by atoms with van der Waals surface area (Å²) in [5.41, 5.74) is 0. The van der Waals surface area contributed by atoms with Crippen molar-refractivity contribution in [3.05, 3.63) is 34.6 Å². The van der Waals surface area contributed by atoms with Crippen molar-refractivity contribution in [3.63, 3.8) is 0 Å². The van der Waals surface area contributed by atoms with Crippen LogP contribution in [0.1, 0.15) is 18.9 Å². The molecule has 22 heavy (non-hydrogen) atoms. The van der Waals surface area contributed by atoms with Crippen molar-refractivity contribution >= 4 is 44.8 Å².